The van der Waals surface area contributed by atoms with Crippen molar-refractivity contribution in [2.45, 2.75) is 13.3 Å². The van der Waals surface area contributed by atoms with Gasteiger partial charge in [0.15, 0.2) is 0 Å². The fourth-order valence-electron chi connectivity index (χ4n) is 1.38. The SMILES string of the molecule is CCOC(=O)C(CN)Cc1cnn(C)c1. The molecule has 84 valence electrons. The van der Waals surface area contributed by atoms with Crippen molar-refractivity contribution in [3.63, 3.8) is 0 Å². The molecule has 0 saturated carbocycles. The number of aryl methyl sites for hydroxylation is 1. The van der Waals surface area contributed by atoms with E-state index in [0.717, 1.165) is 5.56 Å². The summed E-state index contributed by atoms with van der Waals surface area (Å²) in [5, 5.41) is 4.03. The molecule has 0 radical (unpaired) electrons. The predicted octanol–water partition coefficient (Wildman–Crippen LogP) is 0.101. The second-order valence-corrected chi connectivity index (χ2v) is 3.41. The largest absolute Gasteiger partial charge is 0.466 e. The van der Waals surface area contributed by atoms with Gasteiger partial charge in [-0.3, -0.25) is 9.48 Å². The summed E-state index contributed by atoms with van der Waals surface area (Å²) in [6.45, 7) is 2.48. The highest BCUT2D eigenvalue weighted by atomic mass is 16.5. The highest BCUT2D eigenvalue weighted by Gasteiger charge is 2.18. The number of aromatic nitrogens is 2. The van der Waals surface area contributed by atoms with E-state index in [4.69, 9.17) is 10.5 Å². The first-order valence-electron chi connectivity index (χ1n) is 5.01. The van der Waals surface area contributed by atoms with Crippen LogP contribution < -0.4 is 5.73 Å². The number of hydrogen-bond acceptors (Lipinski definition) is 4. The van der Waals surface area contributed by atoms with Crippen molar-refractivity contribution >= 4 is 5.97 Å². The molecule has 0 aromatic carbocycles. The van der Waals surface area contributed by atoms with Crippen LogP contribution in [0.5, 0.6) is 0 Å². The molecular formula is C10H17N3O2. The zero-order chi connectivity index (χ0) is 11.3. The van der Waals surface area contributed by atoms with Crippen LogP contribution in [0.1, 0.15) is 12.5 Å². The summed E-state index contributed by atoms with van der Waals surface area (Å²) in [7, 11) is 1.84. The lowest BCUT2D eigenvalue weighted by molar-refractivity contribution is -0.147. The number of ether oxygens (including phenoxy) is 1. The first-order chi connectivity index (χ1) is 7.17. The number of esters is 1. The van der Waals surface area contributed by atoms with Crippen molar-refractivity contribution < 1.29 is 9.53 Å². The molecule has 0 spiro atoms. The van der Waals surface area contributed by atoms with E-state index in [1.54, 1.807) is 17.8 Å². The van der Waals surface area contributed by atoms with Crippen LogP contribution in [0, 0.1) is 5.92 Å². The van der Waals surface area contributed by atoms with Crippen molar-refractivity contribution in [1.82, 2.24) is 9.78 Å². The van der Waals surface area contributed by atoms with Gasteiger partial charge in [-0.15, -0.1) is 0 Å². The normalized spacial score (nSPS) is 12.5. The summed E-state index contributed by atoms with van der Waals surface area (Å²) in [5.74, 6) is -0.502. The second kappa shape index (κ2) is 5.50. The third-order valence-corrected chi connectivity index (χ3v) is 2.14. The molecule has 0 aliphatic heterocycles. The van der Waals surface area contributed by atoms with E-state index in [9.17, 15) is 4.79 Å². The van der Waals surface area contributed by atoms with Crippen LogP contribution in [0.3, 0.4) is 0 Å². The number of nitrogens with two attached hydrogens (primary N) is 1. The van der Waals surface area contributed by atoms with Crippen LogP contribution in [0.2, 0.25) is 0 Å². The Hall–Kier alpha value is -1.36. The minimum absolute atomic E-state index is 0.233. The molecule has 5 nitrogen and oxygen atoms in total. The molecular weight excluding hydrogens is 194 g/mol. The van der Waals surface area contributed by atoms with Gasteiger partial charge in [0, 0.05) is 19.8 Å². The van der Waals surface area contributed by atoms with Crippen LogP contribution in [0.4, 0.5) is 0 Å². The van der Waals surface area contributed by atoms with Gasteiger partial charge in [0.25, 0.3) is 0 Å². The standard InChI is InChI=1S/C10H17N3O2/c1-3-15-10(14)9(5-11)4-8-6-12-13(2)7-8/h6-7,9H,3-5,11H2,1-2H3. The lowest BCUT2D eigenvalue weighted by atomic mass is 10.0. The van der Waals surface area contributed by atoms with Gasteiger partial charge >= 0.3 is 5.97 Å². The molecule has 1 rings (SSSR count). The first kappa shape index (κ1) is 11.7. The maximum atomic E-state index is 11.5. The van der Waals surface area contributed by atoms with Crippen molar-refractivity contribution in [1.29, 1.82) is 0 Å². The summed E-state index contributed by atoms with van der Waals surface area (Å²) in [4.78, 5) is 11.5. The summed E-state index contributed by atoms with van der Waals surface area (Å²) >= 11 is 0. The zero-order valence-corrected chi connectivity index (χ0v) is 9.14. The van der Waals surface area contributed by atoms with Crippen LogP contribution in [0.25, 0.3) is 0 Å². The summed E-state index contributed by atoms with van der Waals surface area (Å²) in [5.41, 5.74) is 6.53. The Balaban J connectivity index is 2.57. The van der Waals surface area contributed by atoms with Crippen molar-refractivity contribution in [3.05, 3.63) is 18.0 Å². The Bertz CT molecular complexity index is 322. The molecule has 5 heteroatoms. The fourth-order valence-corrected chi connectivity index (χ4v) is 1.38. The van der Waals surface area contributed by atoms with Gasteiger partial charge in [-0.2, -0.15) is 5.10 Å². The van der Waals surface area contributed by atoms with Crippen molar-refractivity contribution in [2.24, 2.45) is 18.7 Å². The lowest BCUT2D eigenvalue weighted by Gasteiger charge is -2.11. The van der Waals surface area contributed by atoms with Crippen LogP contribution in [0.15, 0.2) is 12.4 Å². The predicted molar refractivity (Wildman–Crippen MR) is 56.1 cm³/mol. The zero-order valence-electron chi connectivity index (χ0n) is 9.14. The van der Waals surface area contributed by atoms with Gasteiger partial charge in [0.2, 0.25) is 0 Å². The Morgan fingerprint density at radius 1 is 1.73 bits per heavy atom. The Kier molecular flexibility index (Phi) is 4.30. The molecule has 15 heavy (non-hydrogen) atoms. The summed E-state index contributed by atoms with van der Waals surface area (Å²) in [6.07, 6.45) is 4.20. The maximum Gasteiger partial charge on any atom is 0.310 e. The number of carbonyl (C=O) groups excluding carboxylic acids is 1. The van der Waals surface area contributed by atoms with Gasteiger partial charge < -0.3 is 10.5 Å². The maximum absolute atomic E-state index is 11.5. The van der Waals surface area contributed by atoms with E-state index in [2.05, 4.69) is 5.10 Å². The second-order valence-electron chi connectivity index (χ2n) is 3.41. The Morgan fingerprint density at radius 2 is 2.47 bits per heavy atom. The van der Waals surface area contributed by atoms with E-state index in [1.807, 2.05) is 13.2 Å². The molecule has 0 bridgehead atoms. The van der Waals surface area contributed by atoms with Crippen molar-refractivity contribution in [2.75, 3.05) is 13.2 Å². The van der Waals surface area contributed by atoms with Gasteiger partial charge in [-0.05, 0) is 18.9 Å². The topological polar surface area (TPSA) is 70.1 Å². The number of hydrogen-bond donors (Lipinski definition) is 1. The van der Waals surface area contributed by atoms with E-state index in [0.29, 0.717) is 19.6 Å². The molecule has 0 fully saturated rings. The average molecular weight is 211 g/mol. The number of rotatable bonds is 5. The van der Waals surface area contributed by atoms with E-state index in [-0.39, 0.29) is 11.9 Å². The minimum Gasteiger partial charge on any atom is -0.466 e. The summed E-state index contributed by atoms with van der Waals surface area (Å²) in [6, 6.07) is 0. The summed E-state index contributed by atoms with van der Waals surface area (Å²) < 4.78 is 6.63. The molecule has 0 amide bonds. The van der Waals surface area contributed by atoms with Crippen LogP contribution >= 0.6 is 0 Å². The minimum atomic E-state index is -0.269. The third kappa shape index (κ3) is 3.36. The van der Waals surface area contributed by atoms with Crippen LogP contribution in [-0.4, -0.2) is 28.9 Å². The smallest absolute Gasteiger partial charge is 0.310 e. The molecule has 1 aromatic heterocycles. The molecule has 0 saturated heterocycles. The monoisotopic (exact) mass is 211 g/mol. The molecule has 1 unspecified atom stereocenters. The van der Waals surface area contributed by atoms with Gasteiger partial charge in [0.05, 0.1) is 18.7 Å². The molecule has 1 heterocycles. The molecule has 1 aromatic rings. The number of carbonyl (C=O) groups is 1. The lowest BCUT2D eigenvalue weighted by Crippen LogP contribution is -2.27. The first-order valence-corrected chi connectivity index (χ1v) is 5.01. The average Bonchev–Trinajstić information content (AvgIpc) is 2.61. The quantitative estimate of drug-likeness (QED) is 0.701. The molecule has 0 aliphatic carbocycles. The van der Waals surface area contributed by atoms with Gasteiger partial charge in [-0.1, -0.05) is 0 Å². The molecule has 1 atom stereocenters. The van der Waals surface area contributed by atoms with E-state index in [1.165, 1.54) is 0 Å². The van der Waals surface area contributed by atoms with Gasteiger partial charge in [0.1, 0.15) is 0 Å². The fraction of sp³-hybridized carbons (Fsp3) is 0.600. The molecule has 2 N–H and O–H groups in total. The van der Waals surface area contributed by atoms with E-state index < -0.39 is 0 Å². The highest BCUT2D eigenvalue weighted by Crippen LogP contribution is 2.08. The van der Waals surface area contributed by atoms with Crippen molar-refractivity contribution in [3.8, 4) is 0 Å². The number of nitrogens with zero attached hydrogens (tertiary/aromatic N) is 2. The Morgan fingerprint density at radius 3 is 2.93 bits per heavy atom. The molecule has 0 aliphatic rings. The Labute approximate surface area is 89.2 Å². The third-order valence-electron chi connectivity index (χ3n) is 2.14. The van der Waals surface area contributed by atoms with E-state index >= 15 is 0 Å². The highest BCUT2D eigenvalue weighted by molar-refractivity contribution is 5.73. The van der Waals surface area contributed by atoms with Gasteiger partial charge in [-0.25, -0.2) is 0 Å². The van der Waals surface area contributed by atoms with Crippen LogP contribution in [-0.2, 0) is 23.0 Å².